The third-order valence-electron chi connectivity index (χ3n) is 2.93. The minimum Gasteiger partial charge on any atom is -0.308 e. The molecule has 2 aromatic rings. The largest absolute Gasteiger partial charge is 0.435 e. The molecule has 0 unspecified atom stereocenters. The van der Waals surface area contributed by atoms with Gasteiger partial charge in [-0.2, -0.15) is 31.4 Å². The molecule has 1 N–H and O–H groups in total. The van der Waals surface area contributed by atoms with Gasteiger partial charge in [0.05, 0.1) is 5.69 Å². The normalized spacial score (nSPS) is 11.4. The molecule has 2 rings (SSSR count). The number of hydrogen-bond donors (Lipinski definition) is 1. The van der Waals surface area contributed by atoms with Crippen molar-refractivity contribution < 1.29 is 26.3 Å². The average molecular weight is 463 g/mol. The predicted molar refractivity (Wildman–Crippen MR) is 111 cm³/mol. The summed E-state index contributed by atoms with van der Waals surface area (Å²) in [4.78, 5) is 3.70. The van der Waals surface area contributed by atoms with Crippen molar-refractivity contribution in [1.29, 1.82) is 0 Å². The molecule has 0 aliphatic carbocycles. The van der Waals surface area contributed by atoms with Crippen LogP contribution in [0.2, 0.25) is 0 Å². The first-order chi connectivity index (χ1) is 14.1. The van der Waals surface area contributed by atoms with Crippen molar-refractivity contribution in [3.63, 3.8) is 0 Å². The highest BCUT2D eigenvalue weighted by molar-refractivity contribution is 7.16. The SMILES string of the molecule is CC.CC.CC.CCCc1nn2c(CNC/C=C/C(F)(F)F)c(C(F)(F)F)nc2s1. The molecule has 0 aromatic carbocycles. The second kappa shape index (κ2) is 15.2. The number of imidazole rings is 1. The molecule has 0 bridgehead atoms. The number of allylic oxidation sites excluding steroid dienone is 1. The highest BCUT2D eigenvalue weighted by atomic mass is 32.1. The summed E-state index contributed by atoms with van der Waals surface area (Å²) in [7, 11) is 0. The zero-order valence-corrected chi connectivity index (χ0v) is 19.3. The van der Waals surface area contributed by atoms with Crippen LogP contribution < -0.4 is 5.32 Å². The van der Waals surface area contributed by atoms with Crippen LogP contribution in [0.1, 0.15) is 71.3 Å². The Kier molecular flexibility index (Phi) is 15.5. The molecule has 11 heteroatoms. The average Bonchev–Trinajstić information content (AvgIpc) is 3.24. The number of nitrogens with one attached hydrogen (secondary N) is 1. The minimum absolute atomic E-state index is 0.0266. The lowest BCUT2D eigenvalue weighted by molar-refractivity contribution is -0.141. The van der Waals surface area contributed by atoms with Gasteiger partial charge in [0, 0.05) is 25.6 Å². The summed E-state index contributed by atoms with van der Waals surface area (Å²) in [6.45, 7) is 13.4. The summed E-state index contributed by atoms with van der Waals surface area (Å²) in [6, 6.07) is 0. The Labute approximate surface area is 178 Å². The lowest BCUT2D eigenvalue weighted by Crippen LogP contribution is -2.19. The van der Waals surface area contributed by atoms with Gasteiger partial charge in [-0.25, -0.2) is 9.50 Å². The van der Waals surface area contributed by atoms with E-state index in [9.17, 15) is 26.3 Å². The molecular formula is C19H32F6N4S. The lowest BCUT2D eigenvalue weighted by Gasteiger charge is -2.07. The summed E-state index contributed by atoms with van der Waals surface area (Å²) in [5.74, 6) is 0. The number of hydrogen-bond acceptors (Lipinski definition) is 4. The van der Waals surface area contributed by atoms with Crippen LogP contribution in [0, 0.1) is 0 Å². The van der Waals surface area contributed by atoms with Gasteiger partial charge < -0.3 is 5.32 Å². The fourth-order valence-corrected chi connectivity index (χ4v) is 3.01. The van der Waals surface area contributed by atoms with Gasteiger partial charge in [0.1, 0.15) is 5.01 Å². The molecule has 176 valence electrons. The van der Waals surface area contributed by atoms with E-state index in [1.165, 1.54) is 0 Å². The van der Waals surface area contributed by atoms with Crippen LogP contribution in [0.15, 0.2) is 12.2 Å². The molecule has 0 atom stereocenters. The Balaban J connectivity index is 0. The highest BCUT2D eigenvalue weighted by Gasteiger charge is 2.38. The van der Waals surface area contributed by atoms with Gasteiger partial charge >= 0.3 is 12.4 Å². The van der Waals surface area contributed by atoms with Crippen LogP contribution in [0.4, 0.5) is 26.3 Å². The Bertz CT molecular complexity index is 717. The zero-order valence-electron chi connectivity index (χ0n) is 18.5. The Morgan fingerprint density at radius 1 is 1.00 bits per heavy atom. The maximum atomic E-state index is 13.1. The number of aryl methyl sites for hydroxylation is 1. The lowest BCUT2D eigenvalue weighted by atomic mass is 10.3. The molecule has 0 amide bonds. The van der Waals surface area contributed by atoms with Crippen LogP contribution in [0.3, 0.4) is 0 Å². The summed E-state index contributed by atoms with van der Waals surface area (Å²) < 4.78 is 76.2. The summed E-state index contributed by atoms with van der Waals surface area (Å²) in [5.41, 5.74) is -1.28. The van der Waals surface area contributed by atoms with Gasteiger partial charge in [-0.3, -0.25) is 0 Å². The third-order valence-corrected chi connectivity index (χ3v) is 3.90. The molecule has 4 nitrogen and oxygen atoms in total. The molecule has 0 fully saturated rings. The van der Waals surface area contributed by atoms with E-state index >= 15 is 0 Å². The minimum atomic E-state index is -4.66. The number of fused-ring (bicyclic) bond motifs is 1. The predicted octanol–water partition coefficient (Wildman–Crippen LogP) is 7.05. The van der Waals surface area contributed by atoms with Crippen molar-refractivity contribution >= 4 is 16.3 Å². The van der Waals surface area contributed by atoms with Gasteiger partial charge in [0.15, 0.2) is 5.69 Å². The molecule has 0 aliphatic heterocycles. The molecule has 0 radical (unpaired) electrons. The van der Waals surface area contributed by atoms with Crippen molar-refractivity contribution in [2.75, 3.05) is 6.54 Å². The first-order valence-corrected chi connectivity index (χ1v) is 10.8. The van der Waals surface area contributed by atoms with Gasteiger partial charge in [-0.05, 0) is 6.42 Å². The fraction of sp³-hybridized carbons (Fsp3) is 0.684. The van der Waals surface area contributed by atoms with E-state index in [-0.39, 0.29) is 29.8 Å². The molecule has 2 aromatic heterocycles. The summed E-state index contributed by atoms with van der Waals surface area (Å²) in [5, 5.41) is 7.29. The standard InChI is InChI=1S/C13H14F6N4S.3C2H6/c1-2-4-9-22-23-8(7-20-6-3-5-12(14,15)16)10(13(17,18)19)21-11(23)24-9;3*1-2/h3,5,20H,2,4,6-7H2,1H3;3*1-2H3/b5-3+;;;. The molecule has 0 saturated carbocycles. The number of rotatable bonds is 6. The van der Waals surface area contributed by atoms with E-state index in [1.807, 2.05) is 48.5 Å². The fourth-order valence-electron chi connectivity index (χ4n) is 2.00. The van der Waals surface area contributed by atoms with Crippen molar-refractivity contribution in [2.45, 2.75) is 80.2 Å². The third kappa shape index (κ3) is 10.4. The zero-order chi connectivity index (χ0) is 24.0. The molecule has 0 spiro atoms. The quantitative estimate of drug-likeness (QED) is 0.284. The van der Waals surface area contributed by atoms with E-state index in [0.29, 0.717) is 11.4 Å². The van der Waals surface area contributed by atoms with Crippen molar-refractivity contribution in [3.8, 4) is 0 Å². The number of alkyl halides is 6. The van der Waals surface area contributed by atoms with Gasteiger partial charge in [-0.1, -0.05) is 65.9 Å². The molecule has 0 aliphatic rings. The van der Waals surface area contributed by atoms with E-state index in [4.69, 9.17) is 0 Å². The Hall–Kier alpha value is -1.62. The highest BCUT2D eigenvalue weighted by Crippen LogP contribution is 2.33. The van der Waals surface area contributed by atoms with Crippen molar-refractivity contribution in [1.82, 2.24) is 19.9 Å². The summed E-state index contributed by atoms with van der Waals surface area (Å²) >= 11 is 1.07. The number of nitrogens with zero attached hydrogens (tertiary/aromatic N) is 3. The van der Waals surface area contributed by atoms with Crippen LogP contribution in [0.25, 0.3) is 4.96 Å². The van der Waals surface area contributed by atoms with Crippen LogP contribution >= 0.6 is 11.3 Å². The van der Waals surface area contributed by atoms with Gasteiger partial charge in [-0.15, -0.1) is 0 Å². The monoisotopic (exact) mass is 462 g/mol. The van der Waals surface area contributed by atoms with E-state index in [1.54, 1.807) is 0 Å². The van der Waals surface area contributed by atoms with E-state index < -0.39 is 18.0 Å². The van der Waals surface area contributed by atoms with Crippen LogP contribution in [-0.4, -0.2) is 27.3 Å². The van der Waals surface area contributed by atoms with E-state index in [2.05, 4.69) is 15.4 Å². The second-order valence-corrected chi connectivity index (χ2v) is 5.96. The molecule has 0 saturated heterocycles. The maximum absolute atomic E-state index is 13.1. The maximum Gasteiger partial charge on any atom is 0.435 e. The topological polar surface area (TPSA) is 42.2 Å². The van der Waals surface area contributed by atoms with Gasteiger partial charge in [0.2, 0.25) is 4.96 Å². The smallest absolute Gasteiger partial charge is 0.308 e. The van der Waals surface area contributed by atoms with Crippen molar-refractivity contribution in [3.05, 3.63) is 28.5 Å². The Morgan fingerprint density at radius 2 is 1.57 bits per heavy atom. The number of halogens is 6. The van der Waals surface area contributed by atoms with E-state index in [0.717, 1.165) is 28.3 Å². The summed E-state index contributed by atoms with van der Waals surface area (Å²) in [6.07, 6.45) is -6.87. The van der Waals surface area contributed by atoms with Gasteiger partial charge in [0.25, 0.3) is 0 Å². The molecule has 2 heterocycles. The Morgan fingerprint density at radius 3 is 2.03 bits per heavy atom. The first kappa shape index (κ1) is 30.6. The van der Waals surface area contributed by atoms with Crippen molar-refractivity contribution in [2.24, 2.45) is 0 Å². The molecular weight excluding hydrogens is 430 g/mol. The second-order valence-electron chi connectivity index (χ2n) is 4.92. The van der Waals surface area contributed by atoms with Crippen LogP contribution in [0.5, 0.6) is 0 Å². The number of aromatic nitrogens is 3. The van der Waals surface area contributed by atoms with Crippen LogP contribution in [-0.2, 0) is 19.1 Å². The molecule has 30 heavy (non-hydrogen) atoms. The first-order valence-electron chi connectivity index (χ1n) is 10.0.